The summed E-state index contributed by atoms with van der Waals surface area (Å²) in [4.78, 5) is 8.37. The fraction of sp³-hybridized carbons (Fsp3) is 0.333. The van der Waals surface area contributed by atoms with Crippen molar-refractivity contribution in [3.8, 4) is 0 Å². The quantitative estimate of drug-likeness (QED) is 0.611. The molecule has 0 spiro atoms. The molecule has 1 rings (SSSR count). The molecular weight excluding hydrogens is 251 g/mol. The number of pyridine rings is 1. The summed E-state index contributed by atoms with van der Waals surface area (Å²) < 4.78 is 5.60. The molecule has 0 fully saturated rings. The van der Waals surface area contributed by atoms with Gasteiger partial charge in [0.25, 0.3) is 0 Å². The van der Waals surface area contributed by atoms with Crippen LogP contribution in [0.15, 0.2) is 48.0 Å². The minimum Gasteiger partial charge on any atom is -0.427 e. The molecule has 0 aliphatic carbocycles. The van der Waals surface area contributed by atoms with E-state index >= 15 is 0 Å². The highest BCUT2D eigenvalue weighted by Crippen LogP contribution is 2.14. The van der Waals surface area contributed by atoms with Crippen LogP contribution in [0.4, 0.5) is 0 Å². The van der Waals surface area contributed by atoms with E-state index in [1.807, 2.05) is 32.0 Å². The van der Waals surface area contributed by atoms with E-state index in [1.54, 1.807) is 19.3 Å². The summed E-state index contributed by atoms with van der Waals surface area (Å²) in [6, 6.07) is 5.56. The summed E-state index contributed by atoms with van der Waals surface area (Å²) in [6.45, 7) is 13.1. The molecule has 0 bridgehead atoms. The topological polar surface area (TPSA) is 54.7 Å². The predicted octanol–water partition coefficient (Wildman–Crippen LogP) is 2.16. The van der Waals surface area contributed by atoms with E-state index in [0.29, 0.717) is 18.7 Å². The molecule has 0 aromatic carbocycles. The number of aliphatic imine (C=N–C) groups is 1. The first-order chi connectivity index (χ1) is 9.33. The van der Waals surface area contributed by atoms with Crippen molar-refractivity contribution in [1.82, 2.24) is 4.98 Å². The van der Waals surface area contributed by atoms with Gasteiger partial charge in [-0.3, -0.25) is 9.98 Å². The zero-order valence-corrected chi connectivity index (χ0v) is 12.3. The van der Waals surface area contributed by atoms with Crippen molar-refractivity contribution in [2.75, 3.05) is 0 Å². The standard InChI is InChI=1S/C15H21BN2O2/c1-11(16-20-15(4,5)13(3)19)10-18-12(2)14-8-6-7-9-17-14/h6-10,13,16,19H,1-2H2,3-5H3/b18-10-. The molecule has 0 aliphatic heterocycles. The summed E-state index contributed by atoms with van der Waals surface area (Å²) in [5, 5.41) is 9.55. The number of aliphatic hydroxyl groups excluding tert-OH is 1. The van der Waals surface area contributed by atoms with Gasteiger partial charge in [-0.05, 0) is 38.4 Å². The highest BCUT2D eigenvalue weighted by atomic mass is 16.5. The Morgan fingerprint density at radius 3 is 2.75 bits per heavy atom. The van der Waals surface area contributed by atoms with Crippen LogP contribution in [0.1, 0.15) is 26.5 Å². The van der Waals surface area contributed by atoms with E-state index in [4.69, 9.17) is 4.65 Å². The maximum absolute atomic E-state index is 9.55. The number of hydrogen-bond donors (Lipinski definition) is 1. The van der Waals surface area contributed by atoms with E-state index in [0.717, 1.165) is 5.69 Å². The Balaban J connectivity index is 2.51. The highest BCUT2D eigenvalue weighted by molar-refractivity contribution is 6.46. The molecule has 1 aromatic rings. The Morgan fingerprint density at radius 1 is 1.50 bits per heavy atom. The average Bonchev–Trinajstić information content (AvgIpc) is 2.43. The molecule has 1 unspecified atom stereocenters. The fourth-order valence-electron chi connectivity index (χ4n) is 1.21. The Morgan fingerprint density at radius 2 is 2.20 bits per heavy atom. The number of nitrogens with zero attached hydrogens (tertiary/aromatic N) is 2. The van der Waals surface area contributed by atoms with Gasteiger partial charge < -0.3 is 9.76 Å². The number of rotatable bonds is 7. The Hall–Kier alpha value is -1.72. The van der Waals surface area contributed by atoms with E-state index in [1.165, 1.54) is 0 Å². The first kappa shape index (κ1) is 16.3. The lowest BCUT2D eigenvalue weighted by Crippen LogP contribution is -2.38. The van der Waals surface area contributed by atoms with Gasteiger partial charge in [-0.1, -0.05) is 12.6 Å². The summed E-state index contributed by atoms with van der Waals surface area (Å²) in [5.74, 6) is 0. The van der Waals surface area contributed by atoms with E-state index in [-0.39, 0.29) is 0 Å². The van der Waals surface area contributed by atoms with Crippen molar-refractivity contribution in [2.24, 2.45) is 4.99 Å². The van der Waals surface area contributed by atoms with Crippen molar-refractivity contribution >= 4 is 19.4 Å². The number of aliphatic hydroxyl groups is 1. The molecule has 1 heterocycles. The minimum absolute atomic E-state index is 0.302. The molecule has 20 heavy (non-hydrogen) atoms. The normalized spacial score (nSPS) is 13.2. The Bertz CT molecular complexity index is 496. The monoisotopic (exact) mass is 272 g/mol. The smallest absolute Gasteiger partial charge is 0.310 e. The van der Waals surface area contributed by atoms with Crippen LogP contribution in [0.5, 0.6) is 0 Å². The summed E-state index contributed by atoms with van der Waals surface area (Å²) in [6.07, 6.45) is 2.74. The van der Waals surface area contributed by atoms with Gasteiger partial charge in [0, 0.05) is 12.4 Å². The van der Waals surface area contributed by atoms with Gasteiger partial charge in [-0.15, -0.1) is 6.58 Å². The maximum Gasteiger partial charge on any atom is 0.310 e. The van der Waals surface area contributed by atoms with Gasteiger partial charge in [0.2, 0.25) is 0 Å². The van der Waals surface area contributed by atoms with E-state index in [9.17, 15) is 5.11 Å². The third kappa shape index (κ3) is 5.11. The molecule has 1 atom stereocenters. The summed E-state index contributed by atoms with van der Waals surface area (Å²) >= 11 is 0. The van der Waals surface area contributed by atoms with Crippen LogP contribution in [-0.4, -0.2) is 35.5 Å². The second-order valence-electron chi connectivity index (χ2n) is 5.15. The zero-order valence-electron chi connectivity index (χ0n) is 12.3. The minimum atomic E-state index is -0.616. The predicted molar refractivity (Wildman–Crippen MR) is 84.9 cm³/mol. The molecule has 106 valence electrons. The molecule has 0 amide bonds. The van der Waals surface area contributed by atoms with Crippen molar-refractivity contribution in [2.45, 2.75) is 32.5 Å². The van der Waals surface area contributed by atoms with Crippen molar-refractivity contribution in [3.63, 3.8) is 0 Å². The lowest BCUT2D eigenvalue weighted by atomic mass is 9.87. The van der Waals surface area contributed by atoms with Crippen molar-refractivity contribution in [3.05, 3.63) is 48.7 Å². The molecular formula is C15H21BN2O2. The van der Waals surface area contributed by atoms with Crippen LogP contribution in [-0.2, 0) is 4.65 Å². The number of allylic oxidation sites excluding steroid dienone is 1. The van der Waals surface area contributed by atoms with Gasteiger partial charge in [0.05, 0.1) is 23.1 Å². The van der Waals surface area contributed by atoms with E-state index in [2.05, 4.69) is 23.1 Å². The van der Waals surface area contributed by atoms with E-state index < -0.39 is 11.7 Å². The molecule has 0 saturated heterocycles. The van der Waals surface area contributed by atoms with Crippen LogP contribution in [0.3, 0.4) is 0 Å². The van der Waals surface area contributed by atoms with Crippen molar-refractivity contribution in [1.29, 1.82) is 0 Å². The first-order valence-corrected chi connectivity index (χ1v) is 6.47. The van der Waals surface area contributed by atoms with Crippen molar-refractivity contribution < 1.29 is 9.76 Å². The third-order valence-electron chi connectivity index (χ3n) is 3.00. The Kier molecular flexibility index (Phi) is 5.86. The molecule has 4 nitrogen and oxygen atoms in total. The van der Waals surface area contributed by atoms with Gasteiger partial charge in [0.15, 0.2) is 0 Å². The Labute approximate surface area is 121 Å². The van der Waals surface area contributed by atoms with Crippen LogP contribution >= 0.6 is 0 Å². The second kappa shape index (κ2) is 7.17. The molecule has 0 radical (unpaired) electrons. The fourth-order valence-corrected chi connectivity index (χ4v) is 1.21. The lowest BCUT2D eigenvalue weighted by Gasteiger charge is -2.28. The third-order valence-corrected chi connectivity index (χ3v) is 3.00. The molecule has 1 aromatic heterocycles. The lowest BCUT2D eigenvalue weighted by molar-refractivity contribution is -0.0150. The SMILES string of the molecule is C=C(BOC(C)(C)C(C)O)/C=N\C(=C)c1ccccn1. The van der Waals surface area contributed by atoms with Gasteiger partial charge in [-0.2, -0.15) is 0 Å². The van der Waals surface area contributed by atoms with Gasteiger partial charge in [-0.25, -0.2) is 0 Å². The van der Waals surface area contributed by atoms with Crippen LogP contribution < -0.4 is 0 Å². The summed E-state index contributed by atoms with van der Waals surface area (Å²) in [7, 11) is 0.302. The second-order valence-corrected chi connectivity index (χ2v) is 5.15. The van der Waals surface area contributed by atoms with Gasteiger partial charge >= 0.3 is 7.48 Å². The molecule has 0 saturated carbocycles. The van der Waals surface area contributed by atoms with Crippen LogP contribution in [0.25, 0.3) is 5.70 Å². The maximum atomic E-state index is 9.55. The largest absolute Gasteiger partial charge is 0.427 e. The molecule has 0 aliphatic rings. The van der Waals surface area contributed by atoms with Gasteiger partial charge in [0.1, 0.15) is 0 Å². The molecule has 1 N–H and O–H groups in total. The summed E-state index contributed by atoms with van der Waals surface area (Å²) in [5.41, 5.74) is 1.38. The molecule has 5 heteroatoms. The first-order valence-electron chi connectivity index (χ1n) is 6.47. The average molecular weight is 272 g/mol. The number of hydrogen-bond acceptors (Lipinski definition) is 4. The highest BCUT2D eigenvalue weighted by Gasteiger charge is 2.24. The number of aromatic nitrogens is 1. The zero-order chi connectivity index (χ0) is 15.2. The van der Waals surface area contributed by atoms with Crippen LogP contribution in [0.2, 0.25) is 0 Å². The van der Waals surface area contributed by atoms with Crippen LogP contribution in [0, 0.1) is 0 Å².